The van der Waals surface area contributed by atoms with Gasteiger partial charge in [-0.25, -0.2) is 18.5 Å². The summed E-state index contributed by atoms with van der Waals surface area (Å²) < 4.78 is 26.9. The molecule has 6 nitrogen and oxygen atoms in total. The van der Waals surface area contributed by atoms with E-state index in [0.29, 0.717) is 0 Å². The van der Waals surface area contributed by atoms with Crippen LogP contribution in [-0.4, -0.2) is 35.3 Å². The van der Waals surface area contributed by atoms with Gasteiger partial charge < -0.3 is 10.2 Å². The number of urea groups is 1. The molecule has 1 N–H and O–H groups in total. The van der Waals surface area contributed by atoms with E-state index >= 15 is 0 Å². The van der Waals surface area contributed by atoms with Gasteiger partial charge in [-0.2, -0.15) is 0 Å². The monoisotopic (exact) mass is 401 g/mol. The van der Waals surface area contributed by atoms with Gasteiger partial charge in [-0.05, 0) is 42.3 Å². The Morgan fingerprint density at radius 1 is 1.07 bits per heavy atom. The average molecular weight is 401 g/mol. The molecule has 0 unspecified atom stereocenters. The number of benzene rings is 2. The molecule has 0 aromatic heterocycles. The first kappa shape index (κ1) is 20.4. The number of hydrogen-bond acceptors (Lipinski definition) is 3. The molecule has 1 aliphatic rings. The van der Waals surface area contributed by atoms with Crippen molar-refractivity contribution in [2.24, 2.45) is 5.92 Å². The van der Waals surface area contributed by atoms with Gasteiger partial charge in [0.05, 0.1) is 12.1 Å². The molecule has 0 saturated carbocycles. The van der Waals surface area contributed by atoms with Crippen molar-refractivity contribution in [3.05, 3.63) is 60.2 Å². The molecular weight excluding hydrogens is 380 g/mol. The Morgan fingerprint density at radius 3 is 2.34 bits per heavy atom. The van der Waals surface area contributed by atoms with E-state index in [4.69, 9.17) is 0 Å². The van der Waals surface area contributed by atoms with Crippen molar-refractivity contribution in [3.8, 4) is 0 Å². The number of carbonyl (C=O) groups excluding carboxylic acids is 3. The summed E-state index contributed by atoms with van der Waals surface area (Å²) >= 11 is 0. The molecule has 152 valence electrons. The number of nitrogens with one attached hydrogen (secondary N) is 1. The molecule has 0 aliphatic carbocycles. The molecule has 0 bridgehead atoms. The Balaban J connectivity index is 1.83. The van der Waals surface area contributed by atoms with Crippen molar-refractivity contribution in [1.82, 2.24) is 4.90 Å². The Labute approximate surface area is 167 Å². The van der Waals surface area contributed by atoms with Crippen molar-refractivity contribution < 1.29 is 23.2 Å². The summed E-state index contributed by atoms with van der Waals surface area (Å²) in [5, 5.41) is 2.53. The predicted molar refractivity (Wildman–Crippen MR) is 104 cm³/mol. The molecule has 1 heterocycles. The van der Waals surface area contributed by atoms with Crippen LogP contribution in [0.3, 0.4) is 0 Å². The Kier molecular flexibility index (Phi) is 5.91. The third-order valence-corrected chi connectivity index (χ3v) is 4.43. The number of imide groups is 1. The van der Waals surface area contributed by atoms with Crippen LogP contribution < -0.4 is 10.2 Å². The van der Waals surface area contributed by atoms with E-state index in [0.717, 1.165) is 17.0 Å². The summed E-state index contributed by atoms with van der Waals surface area (Å²) in [5.41, 5.74) is 0.367. The Morgan fingerprint density at radius 2 is 1.72 bits per heavy atom. The first-order chi connectivity index (χ1) is 13.8. The molecule has 0 radical (unpaired) electrons. The second-order valence-corrected chi connectivity index (χ2v) is 7.26. The fourth-order valence-electron chi connectivity index (χ4n) is 3.24. The van der Waals surface area contributed by atoms with E-state index < -0.39 is 35.5 Å². The van der Waals surface area contributed by atoms with E-state index in [9.17, 15) is 23.2 Å². The standard InChI is InChI=1S/C21H21F2N3O3/c1-13(2)12-25-18(11-19(27)24-16-7-3-5-14(22)9-16)20(28)26(21(25)29)17-8-4-6-15(23)10-17/h3-10,13,18H,11-12H2,1-2H3,(H,24,27)/t18-/m1/s1. The normalized spacial score (nSPS) is 16.7. The second-order valence-electron chi connectivity index (χ2n) is 7.26. The van der Waals surface area contributed by atoms with Crippen molar-refractivity contribution in [2.75, 3.05) is 16.8 Å². The maximum atomic E-state index is 13.6. The lowest BCUT2D eigenvalue weighted by Gasteiger charge is -2.23. The highest BCUT2D eigenvalue weighted by Gasteiger charge is 2.46. The number of nitrogens with zero attached hydrogens (tertiary/aromatic N) is 2. The van der Waals surface area contributed by atoms with Gasteiger partial charge in [-0.1, -0.05) is 26.0 Å². The fraction of sp³-hybridized carbons (Fsp3) is 0.286. The van der Waals surface area contributed by atoms with Gasteiger partial charge in [0.25, 0.3) is 5.91 Å². The molecule has 1 saturated heterocycles. The zero-order chi connectivity index (χ0) is 21.1. The number of hydrogen-bond donors (Lipinski definition) is 1. The second kappa shape index (κ2) is 8.38. The van der Waals surface area contributed by atoms with E-state index in [1.165, 1.54) is 41.3 Å². The van der Waals surface area contributed by atoms with Gasteiger partial charge in [-0.3, -0.25) is 9.59 Å². The fourth-order valence-corrected chi connectivity index (χ4v) is 3.24. The van der Waals surface area contributed by atoms with E-state index in [2.05, 4.69) is 5.32 Å². The number of rotatable bonds is 6. The van der Waals surface area contributed by atoms with Crippen LogP contribution in [0.1, 0.15) is 20.3 Å². The van der Waals surface area contributed by atoms with Crippen molar-refractivity contribution in [2.45, 2.75) is 26.3 Å². The summed E-state index contributed by atoms with van der Waals surface area (Å²) in [6.45, 7) is 4.02. The summed E-state index contributed by atoms with van der Waals surface area (Å²) in [6, 6.07) is 8.92. The molecule has 8 heteroatoms. The first-order valence-electron chi connectivity index (χ1n) is 9.22. The lowest BCUT2D eigenvalue weighted by molar-refractivity contribution is -0.124. The SMILES string of the molecule is CC(C)CN1C(=O)N(c2cccc(F)c2)C(=O)[C@H]1CC(=O)Nc1cccc(F)c1. The highest BCUT2D eigenvalue weighted by atomic mass is 19.1. The van der Waals surface area contributed by atoms with Crippen molar-refractivity contribution in [1.29, 1.82) is 0 Å². The van der Waals surface area contributed by atoms with E-state index in [-0.39, 0.29) is 30.3 Å². The third kappa shape index (κ3) is 4.59. The molecule has 1 atom stereocenters. The molecule has 1 fully saturated rings. The molecule has 29 heavy (non-hydrogen) atoms. The van der Waals surface area contributed by atoms with Crippen molar-refractivity contribution in [3.63, 3.8) is 0 Å². The molecular formula is C21H21F2N3O3. The molecule has 2 aromatic carbocycles. The van der Waals surface area contributed by atoms with Gasteiger partial charge >= 0.3 is 6.03 Å². The number of anilines is 2. The average Bonchev–Trinajstić information content (AvgIpc) is 2.85. The van der Waals surface area contributed by atoms with Gasteiger partial charge in [0, 0.05) is 12.2 Å². The highest BCUT2D eigenvalue weighted by molar-refractivity contribution is 6.22. The summed E-state index contributed by atoms with van der Waals surface area (Å²) in [5.74, 6) is -2.17. The van der Waals surface area contributed by atoms with Crippen LogP contribution in [0, 0.1) is 17.6 Å². The molecule has 4 amide bonds. The van der Waals surface area contributed by atoms with Crippen LogP contribution in [0.2, 0.25) is 0 Å². The van der Waals surface area contributed by atoms with Crippen LogP contribution in [0.5, 0.6) is 0 Å². The zero-order valence-electron chi connectivity index (χ0n) is 16.1. The quantitative estimate of drug-likeness (QED) is 0.749. The van der Waals surface area contributed by atoms with Crippen LogP contribution >= 0.6 is 0 Å². The van der Waals surface area contributed by atoms with E-state index in [1.807, 2.05) is 13.8 Å². The zero-order valence-corrected chi connectivity index (χ0v) is 16.1. The minimum absolute atomic E-state index is 0.0491. The first-order valence-corrected chi connectivity index (χ1v) is 9.22. The van der Waals surface area contributed by atoms with Gasteiger partial charge in [-0.15, -0.1) is 0 Å². The molecule has 3 rings (SSSR count). The molecule has 1 aliphatic heterocycles. The number of amides is 4. The maximum absolute atomic E-state index is 13.6. The smallest absolute Gasteiger partial charge is 0.326 e. The van der Waals surface area contributed by atoms with Crippen LogP contribution in [0.25, 0.3) is 0 Å². The highest BCUT2D eigenvalue weighted by Crippen LogP contribution is 2.28. The van der Waals surface area contributed by atoms with Crippen LogP contribution in [0.15, 0.2) is 48.5 Å². The third-order valence-electron chi connectivity index (χ3n) is 4.43. The largest absolute Gasteiger partial charge is 0.332 e. The predicted octanol–water partition coefficient (Wildman–Crippen LogP) is 3.79. The molecule has 0 spiro atoms. The minimum Gasteiger partial charge on any atom is -0.326 e. The number of carbonyl (C=O) groups is 3. The lowest BCUT2D eigenvalue weighted by Crippen LogP contribution is -2.40. The van der Waals surface area contributed by atoms with Crippen molar-refractivity contribution >= 4 is 29.2 Å². The van der Waals surface area contributed by atoms with Crippen LogP contribution in [0.4, 0.5) is 25.0 Å². The van der Waals surface area contributed by atoms with Gasteiger partial charge in [0.1, 0.15) is 17.7 Å². The minimum atomic E-state index is -1.03. The number of halogens is 2. The van der Waals surface area contributed by atoms with Crippen LogP contribution in [-0.2, 0) is 9.59 Å². The van der Waals surface area contributed by atoms with E-state index in [1.54, 1.807) is 0 Å². The summed E-state index contributed by atoms with van der Waals surface area (Å²) in [6.07, 6.45) is -0.292. The van der Waals surface area contributed by atoms with Gasteiger partial charge in [0.15, 0.2) is 0 Å². The maximum Gasteiger partial charge on any atom is 0.332 e. The summed E-state index contributed by atoms with van der Waals surface area (Å²) in [4.78, 5) is 40.5. The Bertz CT molecular complexity index is 948. The van der Waals surface area contributed by atoms with Gasteiger partial charge in [0.2, 0.25) is 5.91 Å². The molecule has 2 aromatic rings. The summed E-state index contributed by atoms with van der Waals surface area (Å²) in [7, 11) is 0. The topological polar surface area (TPSA) is 69.7 Å². The lowest BCUT2D eigenvalue weighted by atomic mass is 10.1. The Hall–Kier alpha value is -3.29.